The number of hydrogen-bond acceptors (Lipinski definition) is 11. The average molecular weight is 997 g/mol. The van der Waals surface area contributed by atoms with Crippen LogP contribution >= 0.6 is 12.2 Å². The number of halogens is 6. The molecule has 4 aromatic rings. The number of carbonyl (C=O) groups excluding carboxylic acids is 5. The minimum Gasteiger partial charge on any atom is -0.488 e. The Bertz CT molecular complexity index is 2780. The van der Waals surface area contributed by atoms with Gasteiger partial charge >= 0.3 is 6.18 Å². The standard InChI is InChI=1S/C47H46F6N8O8S/c1-45(2,3)39(42(66)59-22-29(62)18-33(59)41(65)57-20-24-6-8-25(9-7-24)40(55)64)58-35(63)23-68-14-15-69-34-13-11-26(16-30(34)48)38-31(49)17-28(21-56-38)61-44(70)60(43(67)46(61,4)5)32-12-10-27(19-54)36(37(32)50)47(51,52)53/h6-13,16-17,21,29,33,39,62H,14-15,18,20,22-23H2,1-5H3,(H2,55,64)(H,57,65)(H,58,63)/t29-,33+,39-/m1/s1. The van der Waals surface area contributed by atoms with Crippen LogP contribution in [0.15, 0.2) is 66.9 Å². The van der Waals surface area contributed by atoms with Crippen LogP contribution in [0, 0.1) is 34.2 Å². The minimum absolute atomic E-state index is 0.0370. The molecule has 0 saturated carbocycles. The monoisotopic (exact) mass is 996 g/mol. The lowest BCUT2D eigenvalue weighted by Crippen LogP contribution is -2.58. The third-order valence-corrected chi connectivity index (χ3v) is 11.8. The number of thiocarbonyl (C=S) groups is 1. The number of likely N-dealkylation sites (tertiary alicyclic amines) is 1. The summed E-state index contributed by atoms with van der Waals surface area (Å²) >= 11 is 5.41. The summed E-state index contributed by atoms with van der Waals surface area (Å²) < 4.78 is 98.6. The summed E-state index contributed by atoms with van der Waals surface area (Å²) in [6.07, 6.45) is -5.25. The van der Waals surface area contributed by atoms with Gasteiger partial charge in [0, 0.05) is 36.7 Å². The van der Waals surface area contributed by atoms with Gasteiger partial charge in [0.15, 0.2) is 28.3 Å². The van der Waals surface area contributed by atoms with E-state index in [0.717, 1.165) is 29.3 Å². The van der Waals surface area contributed by atoms with Crippen LogP contribution < -0.4 is 30.9 Å². The van der Waals surface area contributed by atoms with E-state index < -0.39 is 111 Å². The topological polar surface area (TPSA) is 221 Å². The summed E-state index contributed by atoms with van der Waals surface area (Å²) in [5.74, 6) is -7.53. The van der Waals surface area contributed by atoms with Crippen LogP contribution in [0.4, 0.5) is 37.7 Å². The molecular weight excluding hydrogens is 951 g/mol. The molecule has 6 rings (SSSR count). The van der Waals surface area contributed by atoms with Crippen LogP contribution in [-0.2, 0) is 36.6 Å². The van der Waals surface area contributed by atoms with Gasteiger partial charge < -0.3 is 40.7 Å². The molecule has 5 N–H and O–H groups in total. The van der Waals surface area contributed by atoms with Gasteiger partial charge in [0.2, 0.25) is 23.6 Å². The average Bonchev–Trinajstić information content (AvgIpc) is 3.76. The largest absolute Gasteiger partial charge is 0.488 e. The Hall–Kier alpha value is -7.16. The first-order valence-electron chi connectivity index (χ1n) is 21.3. The normalized spacial score (nSPS) is 17.3. The second kappa shape index (κ2) is 20.4. The molecule has 0 aliphatic carbocycles. The second-order valence-electron chi connectivity index (χ2n) is 17.9. The molecule has 5 amide bonds. The quantitative estimate of drug-likeness (QED) is 0.0680. The van der Waals surface area contributed by atoms with E-state index >= 15 is 13.2 Å². The first kappa shape index (κ1) is 52.2. The van der Waals surface area contributed by atoms with E-state index in [4.69, 9.17) is 32.7 Å². The van der Waals surface area contributed by atoms with Crippen LogP contribution in [0.3, 0.4) is 0 Å². The Morgan fingerprint density at radius 2 is 1.70 bits per heavy atom. The molecule has 3 aromatic carbocycles. The number of alkyl halides is 3. The Morgan fingerprint density at radius 3 is 2.30 bits per heavy atom. The third kappa shape index (κ3) is 11.0. The second-order valence-corrected chi connectivity index (χ2v) is 18.2. The van der Waals surface area contributed by atoms with E-state index in [1.54, 1.807) is 32.9 Å². The molecule has 2 aliphatic heterocycles. The summed E-state index contributed by atoms with van der Waals surface area (Å²) in [6.45, 7) is 6.66. The van der Waals surface area contributed by atoms with E-state index in [9.17, 15) is 42.3 Å². The number of hydrogen-bond donors (Lipinski definition) is 4. The zero-order valence-electron chi connectivity index (χ0n) is 38.1. The van der Waals surface area contributed by atoms with Crippen molar-refractivity contribution in [3.05, 3.63) is 107 Å². The van der Waals surface area contributed by atoms with Gasteiger partial charge in [0.25, 0.3) is 5.91 Å². The number of primary amides is 1. The van der Waals surface area contributed by atoms with Crippen LogP contribution in [0.2, 0.25) is 0 Å². The molecule has 23 heteroatoms. The Kier molecular flexibility index (Phi) is 15.2. The van der Waals surface area contributed by atoms with Crippen LogP contribution in [0.1, 0.15) is 68.1 Å². The fourth-order valence-corrected chi connectivity index (χ4v) is 8.38. The van der Waals surface area contributed by atoms with Gasteiger partial charge in [0.05, 0.1) is 41.9 Å². The van der Waals surface area contributed by atoms with Gasteiger partial charge in [-0.15, -0.1) is 0 Å². The van der Waals surface area contributed by atoms with Crippen molar-refractivity contribution in [2.75, 3.05) is 36.2 Å². The summed E-state index contributed by atoms with van der Waals surface area (Å²) in [7, 11) is 0. The predicted molar refractivity (Wildman–Crippen MR) is 243 cm³/mol. The highest BCUT2D eigenvalue weighted by molar-refractivity contribution is 7.81. The molecule has 0 spiro atoms. The van der Waals surface area contributed by atoms with Crippen molar-refractivity contribution in [2.24, 2.45) is 11.1 Å². The van der Waals surface area contributed by atoms with E-state index in [1.807, 2.05) is 0 Å². The molecule has 2 aliphatic rings. The number of nitrogens with one attached hydrogen (secondary N) is 2. The number of aliphatic hydroxyl groups excluding tert-OH is 1. The first-order chi connectivity index (χ1) is 32.8. The summed E-state index contributed by atoms with van der Waals surface area (Å²) in [5.41, 5.74) is -0.639. The highest BCUT2D eigenvalue weighted by Crippen LogP contribution is 2.42. The number of amides is 5. The number of anilines is 2. The number of aromatic nitrogens is 1. The molecule has 0 bridgehead atoms. The number of benzene rings is 3. The van der Waals surface area contributed by atoms with E-state index in [0.29, 0.717) is 22.1 Å². The van der Waals surface area contributed by atoms with E-state index in [-0.39, 0.29) is 55.4 Å². The molecule has 1 aromatic heterocycles. The van der Waals surface area contributed by atoms with Crippen LogP contribution in [0.25, 0.3) is 11.3 Å². The van der Waals surface area contributed by atoms with Crippen molar-refractivity contribution >= 4 is 58.2 Å². The maximum absolute atomic E-state index is 15.7. The molecule has 3 heterocycles. The number of nitriles is 1. The molecule has 370 valence electrons. The number of carbonyl (C=O) groups is 5. The minimum atomic E-state index is -5.29. The molecule has 2 fully saturated rings. The van der Waals surface area contributed by atoms with Crippen molar-refractivity contribution in [1.82, 2.24) is 20.5 Å². The number of β-amino-alcohol motifs (C(OH)–C–C–N with tert-alkyl or cyclic N) is 1. The van der Waals surface area contributed by atoms with Gasteiger partial charge in [-0.1, -0.05) is 32.9 Å². The van der Waals surface area contributed by atoms with Crippen molar-refractivity contribution in [1.29, 1.82) is 5.26 Å². The van der Waals surface area contributed by atoms with Crippen LogP contribution in [0.5, 0.6) is 5.75 Å². The number of nitrogens with two attached hydrogens (primary N) is 1. The van der Waals surface area contributed by atoms with Crippen molar-refractivity contribution in [3.8, 4) is 23.1 Å². The maximum atomic E-state index is 15.7. The lowest BCUT2D eigenvalue weighted by Gasteiger charge is -2.35. The van der Waals surface area contributed by atoms with Gasteiger partial charge in [-0.2, -0.15) is 18.4 Å². The Balaban J connectivity index is 1.03. The van der Waals surface area contributed by atoms with E-state index in [1.165, 1.54) is 49.1 Å². The Morgan fingerprint density at radius 1 is 1.01 bits per heavy atom. The molecule has 16 nitrogen and oxygen atoms in total. The molecule has 0 unspecified atom stereocenters. The van der Waals surface area contributed by atoms with Gasteiger partial charge in [-0.25, -0.2) is 13.2 Å². The summed E-state index contributed by atoms with van der Waals surface area (Å²) in [4.78, 5) is 72.0. The molecular formula is C47H46F6N8O8S. The molecule has 0 radical (unpaired) electrons. The molecule has 70 heavy (non-hydrogen) atoms. The fourth-order valence-electron chi connectivity index (χ4n) is 7.87. The summed E-state index contributed by atoms with van der Waals surface area (Å²) in [5, 5.41) is 24.5. The molecule has 2 saturated heterocycles. The number of pyridine rings is 1. The highest BCUT2D eigenvalue weighted by Gasteiger charge is 2.52. The van der Waals surface area contributed by atoms with Gasteiger partial charge in [0.1, 0.15) is 42.1 Å². The predicted octanol–water partition coefficient (Wildman–Crippen LogP) is 5.28. The molecule has 3 atom stereocenters. The van der Waals surface area contributed by atoms with Crippen molar-refractivity contribution in [3.63, 3.8) is 0 Å². The smallest absolute Gasteiger partial charge is 0.420 e. The zero-order chi connectivity index (χ0) is 51.6. The lowest BCUT2D eigenvalue weighted by molar-refractivity contribution is -0.144. The van der Waals surface area contributed by atoms with Crippen molar-refractivity contribution < 1.29 is 64.9 Å². The first-order valence-corrected chi connectivity index (χ1v) is 21.8. The van der Waals surface area contributed by atoms with Gasteiger partial charge in [-0.05, 0) is 79.5 Å². The Labute approximate surface area is 402 Å². The number of aliphatic hydroxyl groups is 1. The fraction of sp³-hybridized carbons (Fsp3) is 0.362. The maximum Gasteiger partial charge on any atom is 0.420 e. The van der Waals surface area contributed by atoms with E-state index in [2.05, 4.69) is 15.6 Å². The van der Waals surface area contributed by atoms with Crippen LogP contribution in [-0.4, -0.2) is 99.7 Å². The zero-order valence-corrected chi connectivity index (χ0v) is 38.9. The third-order valence-electron chi connectivity index (χ3n) is 11.4. The highest BCUT2D eigenvalue weighted by atomic mass is 32.1. The SMILES string of the molecule is CC(C)(C)[C@H](NC(=O)COCCOc1ccc(-c2ncc(N3C(=S)N(c4ccc(C#N)c(C(F)(F)F)c4F)C(=O)C3(C)C)cc2F)cc1F)C(=O)N1C[C@H](O)C[C@H]1C(=O)NCc1ccc(C(N)=O)cc1. The van der Waals surface area contributed by atoms with Crippen molar-refractivity contribution in [2.45, 2.75) is 77.5 Å². The summed E-state index contributed by atoms with van der Waals surface area (Å²) in [6, 6.07) is 11.2. The lowest BCUT2D eigenvalue weighted by atomic mass is 9.85. The number of rotatable bonds is 15. The number of nitrogens with zero attached hydrogens (tertiary/aromatic N) is 5. The number of ether oxygens (including phenoxy) is 2. The van der Waals surface area contributed by atoms with Gasteiger partial charge in [-0.3, -0.25) is 33.9 Å².